The lowest BCUT2D eigenvalue weighted by Crippen LogP contribution is -2.57. The van der Waals surface area contributed by atoms with Crippen molar-refractivity contribution in [3.8, 4) is 0 Å². The summed E-state index contributed by atoms with van der Waals surface area (Å²) in [5.41, 5.74) is 0.393. The maximum atomic E-state index is 12.9. The number of nitrogens with one attached hydrogen (secondary N) is 1. The molecule has 0 spiro atoms. The van der Waals surface area contributed by atoms with Crippen LogP contribution in [0.5, 0.6) is 0 Å². The first-order valence-electron chi connectivity index (χ1n) is 10.0. The normalized spacial score (nSPS) is 19.3. The second kappa shape index (κ2) is 9.27. The summed E-state index contributed by atoms with van der Waals surface area (Å²) in [6.07, 6.45) is -0.110. The number of piperidine rings is 1. The molecule has 170 valence electrons. The van der Waals surface area contributed by atoms with Crippen LogP contribution in [-0.2, 0) is 23.9 Å². The molecule has 2 aliphatic rings. The first kappa shape index (κ1) is 23.1. The van der Waals surface area contributed by atoms with Crippen molar-refractivity contribution in [2.24, 2.45) is 0 Å². The molecule has 3 rings (SSSR count). The summed E-state index contributed by atoms with van der Waals surface area (Å²) in [7, 11) is 3.39. The van der Waals surface area contributed by atoms with Crippen LogP contribution in [0.1, 0.15) is 40.5 Å². The maximum Gasteiger partial charge on any atom is 0.330 e. The summed E-state index contributed by atoms with van der Waals surface area (Å²) in [6, 6.07) is 4.06. The fraction of sp³-hybridized carbons (Fsp3) is 0.429. The Morgan fingerprint density at radius 1 is 1.12 bits per heavy atom. The summed E-state index contributed by atoms with van der Waals surface area (Å²) in [6.45, 7) is 0.810. The number of hydrogen-bond donors (Lipinski definition) is 1. The van der Waals surface area contributed by atoms with Gasteiger partial charge >= 0.3 is 5.97 Å². The van der Waals surface area contributed by atoms with Crippen LogP contribution < -0.4 is 5.32 Å². The van der Waals surface area contributed by atoms with E-state index in [0.717, 1.165) is 4.90 Å². The number of esters is 1. The quantitative estimate of drug-likeness (QED) is 0.434. The number of fused-ring (bicyclic) bond motifs is 1. The summed E-state index contributed by atoms with van der Waals surface area (Å²) < 4.78 is 5.05. The monoisotopic (exact) mass is 444 g/mol. The van der Waals surface area contributed by atoms with Crippen molar-refractivity contribution in [3.63, 3.8) is 0 Å². The number of likely N-dealkylation sites (tertiary alicyclic amines) is 1. The van der Waals surface area contributed by atoms with Gasteiger partial charge in [0, 0.05) is 6.42 Å². The van der Waals surface area contributed by atoms with Gasteiger partial charge in [-0.1, -0.05) is 12.1 Å². The van der Waals surface area contributed by atoms with Gasteiger partial charge in [-0.25, -0.2) is 9.69 Å². The second-order valence-corrected chi connectivity index (χ2v) is 7.86. The van der Waals surface area contributed by atoms with Crippen molar-refractivity contribution in [3.05, 3.63) is 35.4 Å². The Morgan fingerprint density at radius 3 is 2.28 bits per heavy atom. The molecule has 1 aromatic carbocycles. The number of amides is 5. The van der Waals surface area contributed by atoms with Gasteiger partial charge in [0.05, 0.1) is 17.7 Å². The van der Waals surface area contributed by atoms with Gasteiger partial charge in [-0.15, -0.1) is 0 Å². The number of likely N-dealkylation sites (N-methyl/N-ethyl adjacent to an activating group) is 1. The number of imide groups is 2. The van der Waals surface area contributed by atoms with E-state index in [1.165, 1.54) is 19.1 Å². The van der Waals surface area contributed by atoms with E-state index in [1.807, 2.05) is 0 Å². The highest BCUT2D eigenvalue weighted by Crippen LogP contribution is 2.28. The van der Waals surface area contributed by atoms with Crippen molar-refractivity contribution in [2.45, 2.75) is 31.8 Å². The highest BCUT2D eigenvalue weighted by molar-refractivity contribution is 6.23. The van der Waals surface area contributed by atoms with E-state index in [2.05, 4.69) is 5.32 Å². The zero-order valence-corrected chi connectivity index (χ0v) is 18.0. The minimum absolute atomic E-state index is 0.00935. The Morgan fingerprint density at radius 2 is 1.72 bits per heavy atom. The predicted molar refractivity (Wildman–Crippen MR) is 109 cm³/mol. The molecule has 32 heavy (non-hydrogen) atoms. The van der Waals surface area contributed by atoms with Gasteiger partial charge in [-0.05, 0) is 39.6 Å². The maximum absolute atomic E-state index is 12.9. The Kier molecular flexibility index (Phi) is 6.68. The molecule has 0 bridgehead atoms. The second-order valence-electron chi connectivity index (χ2n) is 7.86. The highest BCUT2D eigenvalue weighted by Gasteiger charge is 2.47. The van der Waals surface area contributed by atoms with Crippen LogP contribution in [-0.4, -0.2) is 89.7 Å². The smallest absolute Gasteiger partial charge is 0.330 e. The predicted octanol–water partition coefficient (Wildman–Crippen LogP) is -0.633. The molecule has 1 aromatic rings. The molecule has 1 fully saturated rings. The van der Waals surface area contributed by atoms with Crippen LogP contribution in [0.15, 0.2) is 24.3 Å². The Hall–Kier alpha value is -3.60. The third-order valence-corrected chi connectivity index (χ3v) is 5.15. The SMILES string of the molecule is C[C@H](NC(=O)CN(C)C)C(=O)OCN1C(=O)CCC(N2C(=O)c3ccccc3C2=O)C1=O. The summed E-state index contributed by atoms with van der Waals surface area (Å²) in [5.74, 6) is -3.82. The molecule has 2 aliphatic heterocycles. The molecule has 11 nitrogen and oxygen atoms in total. The van der Waals surface area contributed by atoms with Crippen LogP contribution in [0.4, 0.5) is 0 Å². The molecule has 1 unspecified atom stereocenters. The lowest BCUT2D eigenvalue weighted by atomic mass is 10.0. The highest BCUT2D eigenvalue weighted by atomic mass is 16.5. The largest absolute Gasteiger partial charge is 0.442 e. The van der Waals surface area contributed by atoms with Crippen molar-refractivity contribution >= 4 is 35.5 Å². The van der Waals surface area contributed by atoms with E-state index in [1.54, 1.807) is 31.1 Å². The average molecular weight is 444 g/mol. The molecule has 0 aromatic heterocycles. The fourth-order valence-electron chi connectivity index (χ4n) is 3.57. The number of carbonyl (C=O) groups excluding carboxylic acids is 6. The first-order valence-corrected chi connectivity index (χ1v) is 10.0. The summed E-state index contributed by atoms with van der Waals surface area (Å²) >= 11 is 0. The van der Waals surface area contributed by atoms with Gasteiger partial charge < -0.3 is 15.0 Å². The van der Waals surface area contributed by atoms with Crippen molar-refractivity contribution in [2.75, 3.05) is 27.4 Å². The van der Waals surface area contributed by atoms with E-state index in [9.17, 15) is 28.8 Å². The molecule has 0 radical (unpaired) electrons. The van der Waals surface area contributed by atoms with E-state index in [4.69, 9.17) is 4.74 Å². The number of ether oxygens (including phenoxy) is 1. The standard InChI is InChI=1S/C21H24N4O7/c1-12(22-16(26)10-23(2)3)21(31)32-11-24-17(27)9-8-15(20(24)30)25-18(28)13-6-4-5-7-14(13)19(25)29/h4-7,12,15H,8-11H2,1-3H3,(H,22,26)/t12-,15?/m0/s1. The molecule has 0 saturated carbocycles. The Bertz CT molecular complexity index is 955. The van der Waals surface area contributed by atoms with Crippen LogP contribution in [0.2, 0.25) is 0 Å². The van der Waals surface area contributed by atoms with Gasteiger partial charge in [0.15, 0.2) is 6.73 Å². The first-order chi connectivity index (χ1) is 15.1. The lowest BCUT2D eigenvalue weighted by molar-refractivity contribution is -0.165. The molecule has 1 saturated heterocycles. The number of carbonyl (C=O) groups is 6. The minimum Gasteiger partial charge on any atom is -0.442 e. The van der Waals surface area contributed by atoms with Gasteiger partial charge in [-0.2, -0.15) is 0 Å². The third-order valence-electron chi connectivity index (χ3n) is 5.15. The summed E-state index contributed by atoms with van der Waals surface area (Å²) in [5, 5.41) is 2.46. The fourth-order valence-corrected chi connectivity index (χ4v) is 3.57. The molecular formula is C21H24N4O7. The third kappa shape index (κ3) is 4.52. The van der Waals surface area contributed by atoms with Crippen molar-refractivity contribution < 1.29 is 33.5 Å². The molecule has 1 N–H and O–H groups in total. The minimum atomic E-state index is -1.17. The Labute approximate surface area is 184 Å². The number of nitrogens with zero attached hydrogens (tertiary/aromatic N) is 3. The average Bonchev–Trinajstić information content (AvgIpc) is 2.98. The topological polar surface area (TPSA) is 133 Å². The van der Waals surface area contributed by atoms with Crippen LogP contribution in [0.3, 0.4) is 0 Å². The van der Waals surface area contributed by atoms with E-state index < -0.39 is 54.3 Å². The van der Waals surface area contributed by atoms with Crippen molar-refractivity contribution in [1.29, 1.82) is 0 Å². The molecule has 2 heterocycles. The number of rotatable bonds is 7. The zero-order chi connectivity index (χ0) is 23.6. The van der Waals surface area contributed by atoms with E-state index >= 15 is 0 Å². The van der Waals surface area contributed by atoms with Crippen LogP contribution >= 0.6 is 0 Å². The van der Waals surface area contributed by atoms with E-state index in [-0.39, 0.29) is 30.5 Å². The number of hydrogen-bond acceptors (Lipinski definition) is 8. The molecule has 11 heteroatoms. The summed E-state index contributed by atoms with van der Waals surface area (Å²) in [4.78, 5) is 77.8. The molecule has 5 amide bonds. The van der Waals surface area contributed by atoms with Crippen LogP contribution in [0, 0.1) is 0 Å². The molecule has 2 atom stereocenters. The van der Waals surface area contributed by atoms with Crippen LogP contribution in [0.25, 0.3) is 0 Å². The Balaban J connectivity index is 1.65. The van der Waals surface area contributed by atoms with Gasteiger partial charge in [0.2, 0.25) is 11.8 Å². The molecule has 0 aliphatic carbocycles. The van der Waals surface area contributed by atoms with E-state index in [0.29, 0.717) is 4.90 Å². The lowest BCUT2D eigenvalue weighted by Gasteiger charge is -2.34. The molecular weight excluding hydrogens is 420 g/mol. The van der Waals surface area contributed by atoms with Crippen molar-refractivity contribution in [1.82, 2.24) is 20.0 Å². The van der Waals surface area contributed by atoms with Gasteiger partial charge in [0.25, 0.3) is 17.7 Å². The van der Waals surface area contributed by atoms with Gasteiger partial charge in [-0.3, -0.25) is 28.9 Å². The number of benzene rings is 1. The van der Waals surface area contributed by atoms with Gasteiger partial charge in [0.1, 0.15) is 12.1 Å². The zero-order valence-electron chi connectivity index (χ0n) is 18.0.